The normalized spacial score (nSPS) is 13.1. The quantitative estimate of drug-likeness (QED) is 0.260. The second kappa shape index (κ2) is 10.3. The third-order valence-corrected chi connectivity index (χ3v) is 6.03. The molecular formula is C27H27N7O2. The first kappa shape index (κ1) is 23.1. The summed E-state index contributed by atoms with van der Waals surface area (Å²) in [6, 6.07) is 22.7. The van der Waals surface area contributed by atoms with Crippen LogP contribution in [-0.2, 0) is 18.0 Å². The average molecular weight is 482 g/mol. The van der Waals surface area contributed by atoms with Crippen LogP contribution in [0.5, 0.6) is 0 Å². The van der Waals surface area contributed by atoms with Gasteiger partial charge in [0.15, 0.2) is 0 Å². The number of fused-ring (bicyclic) bond motifs is 1. The lowest BCUT2D eigenvalue weighted by atomic mass is 10.1. The molecule has 9 heteroatoms. The molecule has 0 spiro atoms. The van der Waals surface area contributed by atoms with E-state index in [0.29, 0.717) is 17.9 Å². The zero-order valence-corrected chi connectivity index (χ0v) is 19.7. The van der Waals surface area contributed by atoms with Crippen molar-refractivity contribution in [3.8, 4) is 0 Å². The van der Waals surface area contributed by atoms with Gasteiger partial charge in [-0.05, 0) is 54.3 Å². The number of carbonyl (C=O) groups is 2. The molecule has 0 saturated heterocycles. The molecule has 1 saturated carbocycles. The summed E-state index contributed by atoms with van der Waals surface area (Å²) < 4.78 is 1.68. The molecule has 182 valence electrons. The fourth-order valence-corrected chi connectivity index (χ4v) is 3.92. The van der Waals surface area contributed by atoms with Crippen LogP contribution in [0.1, 0.15) is 24.0 Å². The lowest BCUT2D eigenvalue weighted by Crippen LogP contribution is -2.41. The first-order valence-electron chi connectivity index (χ1n) is 11.8. The van der Waals surface area contributed by atoms with Crippen molar-refractivity contribution < 1.29 is 9.59 Å². The molecule has 0 bridgehead atoms. The molecule has 1 aliphatic carbocycles. The highest BCUT2D eigenvalue weighted by atomic mass is 16.2. The summed E-state index contributed by atoms with van der Waals surface area (Å²) in [5, 5.41) is 14.0. The summed E-state index contributed by atoms with van der Waals surface area (Å²) >= 11 is 0. The largest absolute Gasteiger partial charge is 0.397 e. The molecule has 1 heterocycles. The van der Waals surface area contributed by atoms with E-state index in [9.17, 15) is 9.59 Å². The monoisotopic (exact) mass is 481 g/mol. The Balaban J connectivity index is 1.17. The van der Waals surface area contributed by atoms with Crippen LogP contribution in [0, 0.1) is 0 Å². The van der Waals surface area contributed by atoms with Gasteiger partial charge >= 0.3 is 6.03 Å². The first-order valence-corrected chi connectivity index (χ1v) is 11.8. The number of anilines is 2. The van der Waals surface area contributed by atoms with Crippen LogP contribution in [-0.4, -0.2) is 37.9 Å². The molecule has 0 radical (unpaired) electrons. The predicted octanol–water partition coefficient (Wildman–Crippen LogP) is 4.00. The van der Waals surface area contributed by atoms with E-state index in [4.69, 9.17) is 5.73 Å². The van der Waals surface area contributed by atoms with Gasteiger partial charge in [0.1, 0.15) is 12.2 Å². The van der Waals surface area contributed by atoms with Crippen molar-refractivity contribution >= 4 is 40.4 Å². The van der Waals surface area contributed by atoms with Crippen LogP contribution in [0.15, 0.2) is 78.9 Å². The number of nitrogens with zero attached hydrogens (tertiary/aromatic N) is 4. The van der Waals surface area contributed by atoms with E-state index in [-0.39, 0.29) is 24.6 Å². The van der Waals surface area contributed by atoms with Gasteiger partial charge in [0.25, 0.3) is 0 Å². The van der Waals surface area contributed by atoms with Gasteiger partial charge in [-0.15, -0.1) is 5.10 Å². The second-order valence-corrected chi connectivity index (χ2v) is 8.73. The number of para-hydroxylation sites is 3. The van der Waals surface area contributed by atoms with E-state index in [2.05, 4.69) is 20.9 Å². The molecule has 3 aromatic carbocycles. The molecular weight excluding hydrogens is 454 g/mol. The second-order valence-electron chi connectivity index (χ2n) is 8.73. The third-order valence-electron chi connectivity index (χ3n) is 6.03. The van der Waals surface area contributed by atoms with Gasteiger partial charge in [-0.2, -0.15) is 0 Å². The maximum Gasteiger partial charge on any atom is 0.319 e. The summed E-state index contributed by atoms with van der Waals surface area (Å²) in [5.74, 6) is -0.256. The molecule has 5 rings (SSSR count). The van der Waals surface area contributed by atoms with Crippen LogP contribution >= 0.6 is 0 Å². The molecule has 4 aromatic rings. The molecule has 1 aromatic heterocycles. The van der Waals surface area contributed by atoms with Gasteiger partial charge in [-0.25, -0.2) is 9.48 Å². The minimum atomic E-state index is -0.256. The van der Waals surface area contributed by atoms with Crippen molar-refractivity contribution in [2.24, 2.45) is 0 Å². The number of nitrogens with one attached hydrogen (secondary N) is 2. The number of hydrogen-bond donors (Lipinski definition) is 3. The SMILES string of the molecule is Nc1ccccc1NC(=O)C=Cc1ccc(CN(C(=O)NCn2nnc3ccccc32)C2CC2)cc1. The highest BCUT2D eigenvalue weighted by Gasteiger charge is 2.32. The Morgan fingerprint density at radius 2 is 1.78 bits per heavy atom. The fourth-order valence-electron chi connectivity index (χ4n) is 3.92. The minimum Gasteiger partial charge on any atom is -0.397 e. The molecule has 1 aliphatic rings. The number of nitrogens with two attached hydrogens (primary N) is 1. The van der Waals surface area contributed by atoms with Crippen molar-refractivity contribution in [1.29, 1.82) is 0 Å². The maximum atomic E-state index is 13.0. The van der Waals surface area contributed by atoms with Crippen molar-refractivity contribution in [3.05, 3.63) is 90.0 Å². The van der Waals surface area contributed by atoms with Crippen LogP contribution in [0.3, 0.4) is 0 Å². The molecule has 0 unspecified atom stereocenters. The summed E-state index contributed by atoms with van der Waals surface area (Å²) in [6.45, 7) is 0.759. The van der Waals surface area contributed by atoms with Crippen LogP contribution in [0.4, 0.5) is 16.2 Å². The van der Waals surface area contributed by atoms with Gasteiger partial charge < -0.3 is 21.3 Å². The Morgan fingerprint density at radius 1 is 1.03 bits per heavy atom. The standard InChI is InChI=1S/C27H27N7O2/c28-22-5-1-2-6-23(22)30-26(35)16-13-19-9-11-20(12-10-19)17-33(21-14-15-21)27(36)29-18-34-25-8-4-3-7-24(25)31-32-34/h1-13,16,21H,14-15,17-18,28H2,(H,29,36)(H,30,35). The topological polar surface area (TPSA) is 118 Å². The van der Waals surface area contributed by atoms with Gasteiger partial charge in [-0.3, -0.25) is 4.79 Å². The Hall–Kier alpha value is -4.66. The highest BCUT2D eigenvalue weighted by Crippen LogP contribution is 2.28. The molecule has 0 aliphatic heterocycles. The zero-order valence-electron chi connectivity index (χ0n) is 19.7. The van der Waals surface area contributed by atoms with Crippen molar-refractivity contribution in [1.82, 2.24) is 25.2 Å². The maximum absolute atomic E-state index is 13.0. The molecule has 9 nitrogen and oxygen atoms in total. The van der Waals surface area contributed by atoms with E-state index in [1.54, 1.807) is 22.9 Å². The Bertz CT molecular complexity index is 1410. The molecule has 1 fully saturated rings. The number of rotatable bonds is 8. The summed E-state index contributed by atoms with van der Waals surface area (Å²) in [6.07, 6.45) is 5.22. The zero-order chi connectivity index (χ0) is 24.9. The molecule has 3 amide bonds. The van der Waals surface area contributed by atoms with Gasteiger partial charge in [0, 0.05) is 18.7 Å². The Labute approximate surface area is 208 Å². The highest BCUT2D eigenvalue weighted by molar-refractivity contribution is 6.03. The molecule has 36 heavy (non-hydrogen) atoms. The van der Waals surface area contributed by atoms with E-state index < -0.39 is 0 Å². The van der Waals surface area contributed by atoms with Crippen LogP contribution in [0.2, 0.25) is 0 Å². The number of aromatic nitrogens is 3. The van der Waals surface area contributed by atoms with Crippen molar-refractivity contribution in [2.45, 2.75) is 32.1 Å². The molecule has 4 N–H and O–H groups in total. The lowest BCUT2D eigenvalue weighted by molar-refractivity contribution is -0.111. The van der Waals surface area contributed by atoms with E-state index in [1.807, 2.05) is 65.6 Å². The first-order chi connectivity index (χ1) is 17.6. The van der Waals surface area contributed by atoms with Gasteiger partial charge in [-0.1, -0.05) is 53.7 Å². The summed E-state index contributed by atoms with van der Waals surface area (Å²) in [7, 11) is 0. The number of benzene rings is 3. The Kier molecular flexibility index (Phi) is 6.61. The Morgan fingerprint density at radius 3 is 2.56 bits per heavy atom. The van der Waals surface area contributed by atoms with E-state index in [1.165, 1.54) is 6.08 Å². The number of amides is 3. The van der Waals surface area contributed by atoms with Crippen molar-refractivity contribution in [2.75, 3.05) is 11.1 Å². The van der Waals surface area contributed by atoms with E-state index in [0.717, 1.165) is 35.0 Å². The van der Waals surface area contributed by atoms with Crippen LogP contribution in [0.25, 0.3) is 17.1 Å². The predicted molar refractivity (Wildman–Crippen MR) is 140 cm³/mol. The number of nitrogen functional groups attached to an aromatic ring is 1. The molecule has 0 atom stereocenters. The number of hydrogen-bond acceptors (Lipinski definition) is 5. The van der Waals surface area contributed by atoms with Gasteiger partial charge in [0.05, 0.1) is 16.9 Å². The summed E-state index contributed by atoms with van der Waals surface area (Å²) in [5.41, 5.74) is 10.5. The third kappa shape index (κ3) is 5.52. The van der Waals surface area contributed by atoms with Crippen molar-refractivity contribution in [3.63, 3.8) is 0 Å². The van der Waals surface area contributed by atoms with Gasteiger partial charge in [0.2, 0.25) is 5.91 Å². The fraction of sp³-hybridized carbons (Fsp3) is 0.185. The summed E-state index contributed by atoms with van der Waals surface area (Å²) in [4.78, 5) is 27.0. The average Bonchev–Trinajstić information content (AvgIpc) is 3.66. The minimum absolute atomic E-state index is 0.127. The number of carbonyl (C=O) groups excluding carboxylic acids is 2. The van der Waals surface area contributed by atoms with Crippen LogP contribution < -0.4 is 16.4 Å². The smallest absolute Gasteiger partial charge is 0.319 e. The van der Waals surface area contributed by atoms with E-state index >= 15 is 0 Å². The number of urea groups is 1. The lowest BCUT2D eigenvalue weighted by Gasteiger charge is -2.23.